The summed E-state index contributed by atoms with van der Waals surface area (Å²) in [6.45, 7) is 2.25. The Bertz CT molecular complexity index is 945. The number of hydrogen-bond donors (Lipinski definition) is 1. The van der Waals surface area contributed by atoms with E-state index in [0.717, 1.165) is 23.1 Å². The smallest absolute Gasteiger partial charge is 0.266 e. The van der Waals surface area contributed by atoms with Crippen molar-refractivity contribution in [2.45, 2.75) is 6.92 Å². The SMILES string of the molecule is CCOc1ccc(/C=C2\SC(=S)N(CC(=O)Nc3cccc(F)c3)C2=O)cc1. The second-order valence-corrected chi connectivity index (χ2v) is 7.50. The Morgan fingerprint density at radius 3 is 2.71 bits per heavy atom. The van der Waals surface area contributed by atoms with E-state index in [9.17, 15) is 14.0 Å². The van der Waals surface area contributed by atoms with E-state index >= 15 is 0 Å². The molecule has 28 heavy (non-hydrogen) atoms. The average Bonchev–Trinajstić information content (AvgIpc) is 2.91. The summed E-state index contributed by atoms with van der Waals surface area (Å²) < 4.78 is 18.9. The van der Waals surface area contributed by atoms with E-state index < -0.39 is 11.7 Å². The van der Waals surface area contributed by atoms with Gasteiger partial charge < -0.3 is 10.1 Å². The fraction of sp³-hybridized carbons (Fsp3) is 0.150. The summed E-state index contributed by atoms with van der Waals surface area (Å²) in [7, 11) is 0. The van der Waals surface area contributed by atoms with Crippen LogP contribution in [-0.4, -0.2) is 34.2 Å². The van der Waals surface area contributed by atoms with E-state index in [1.165, 1.54) is 23.1 Å². The molecule has 1 heterocycles. The van der Waals surface area contributed by atoms with E-state index in [4.69, 9.17) is 17.0 Å². The van der Waals surface area contributed by atoms with Gasteiger partial charge in [0.1, 0.15) is 22.4 Å². The quantitative estimate of drug-likeness (QED) is 0.568. The van der Waals surface area contributed by atoms with Gasteiger partial charge in [0.05, 0.1) is 11.5 Å². The van der Waals surface area contributed by atoms with Crippen LogP contribution >= 0.6 is 24.0 Å². The molecule has 0 unspecified atom stereocenters. The van der Waals surface area contributed by atoms with Crippen molar-refractivity contribution >= 4 is 51.9 Å². The zero-order valence-electron chi connectivity index (χ0n) is 15.0. The number of carbonyl (C=O) groups excluding carboxylic acids is 2. The number of nitrogens with zero attached hydrogens (tertiary/aromatic N) is 1. The number of thiocarbonyl (C=S) groups is 1. The highest BCUT2D eigenvalue weighted by molar-refractivity contribution is 8.26. The van der Waals surface area contributed by atoms with Gasteiger partial charge in [0.2, 0.25) is 5.91 Å². The van der Waals surface area contributed by atoms with Crippen LogP contribution in [-0.2, 0) is 9.59 Å². The lowest BCUT2D eigenvalue weighted by Crippen LogP contribution is -2.36. The number of nitrogens with one attached hydrogen (secondary N) is 1. The van der Waals surface area contributed by atoms with Crippen LogP contribution in [0.5, 0.6) is 5.75 Å². The van der Waals surface area contributed by atoms with E-state index in [1.54, 1.807) is 12.1 Å². The predicted octanol–water partition coefficient (Wildman–Crippen LogP) is 4.06. The summed E-state index contributed by atoms with van der Waals surface area (Å²) in [5, 5.41) is 2.56. The Balaban J connectivity index is 1.66. The Morgan fingerprint density at radius 1 is 1.29 bits per heavy atom. The van der Waals surface area contributed by atoms with Crippen molar-refractivity contribution in [1.29, 1.82) is 0 Å². The van der Waals surface area contributed by atoms with Crippen LogP contribution in [0.3, 0.4) is 0 Å². The number of halogens is 1. The first-order valence-corrected chi connectivity index (χ1v) is 9.72. The molecule has 2 amide bonds. The van der Waals surface area contributed by atoms with Crippen LogP contribution in [0.4, 0.5) is 10.1 Å². The number of amides is 2. The van der Waals surface area contributed by atoms with Crippen molar-refractivity contribution in [3.63, 3.8) is 0 Å². The Hall–Kier alpha value is -2.71. The Kier molecular flexibility index (Phi) is 6.43. The molecule has 8 heteroatoms. The van der Waals surface area contributed by atoms with Crippen LogP contribution in [0.1, 0.15) is 12.5 Å². The van der Waals surface area contributed by atoms with E-state index in [2.05, 4.69) is 5.32 Å². The molecule has 2 aromatic rings. The molecule has 5 nitrogen and oxygen atoms in total. The molecular weight excluding hydrogens is 399 g/mol. The minimum Gasteiger partial charge on any atom is -0.494 e. The molecule has 1 saturated heterocycles. The first-order chi connectivity index (χ1) is 13.5. The van der Waals surface area contributed by atoms with Crippen LogP contribution < -0.4 is 10.1 Å². The van der Waals surface area contributed by atoms with Crippen molar-refractivity contribution in [2.75, 3.05) is 18.5 Å². The van der Waals surface area contributed by atoms with E-state index in [0.29, 0.717) is 21.5 Å². The van der Waals surface area contributed by atoms with Crippen molar-refractivity contribution in [2.24, 2.45) is 0 Å². The molecule has 1 fully saturated rings. The van der Waals surface area contributed by atoms with E-state index in [1.807, 2.05) is 31.2 Å². The number of rotatable bonds is 6. The zero-order chi connectivity index (χ0) is 20.1. The fourth-order valence-electron chi connectivity index (χ4n) is 2.52. The monoisotopic (exact) mass is 416 g/mol. The largest absolute Gasteiger partial charge is 0.494 e. The Labute approximate surface area is 171 Å². The van der Waals surface area contributed by atoms with Gasteiger partial charge >= 0.3 is 0 Å². The van der Waals surface area contributed by atoms with Gasteiger partial charge in [-0.05, 0) is 48.9 Å². The molecule has 0 aromatic heterocycles. The third kappa shape index (κ3) is 4.96. The fourth-order valence-corrected chi connectivity index (χ4v) is 3.78. The molecule has 0 aliphatic carbocycles. The number of hydrogen-bond acceptors (Lipinski definition) is 5. The lowest BCUT2D eigenvalue weighted by molar-refractivity contribution is -0.126. The highest BCUT2D eigenvalue weighted by Crippen LogP contribution is 2.32. The van der Waals surface area contributed by atoms with Crippen molar-refractivity contribution in [3.05, 3.63) is 64.8 Å². The summed E-state index contributed by atoms with van der Waals surface area (Å²) in [4.78, 5) is 26.5. The van der Waals surface area contributed by atoms with Gasteiger partial charge in [-0.2, -0.15) is 0 Å². The van der Waals surface area contributed by atoms with Gasteiger partial charge in [0.25, 0.3) is 5.91 Å². The maximum atomic E-state index is 13.2. The second-order valence-electron chi connectivity index (χ2n) is 5.83. The Morgan fingerprint density at radius 2 is 2.04 bits per heavy atom. The maximum Gasteiger partial charge on any atom is 0.266 e. The number of benzene rings is 2. The lowest BCUT2D eigenvalue weighted by atomic mass is 10.2. The highest BCUT2D eigenvalue weighted by atomic mass is 32.2. The number of anilines is 1. The summed E-state index contributed by atoms with van der Waals surface area (Å²) in [5.41, 5.74) is 1.15. The molecule has 2 aromatic carbocycles. The molecular formula is C20H17FN2O3S2. The van der Waals surface area contributed by atoms with Crippen molar-refractivity contribution < 1.29 is 18.7 Å². The number of thioether (sulfide) groups is 1. The molecule has 3 rings (SSSR count). The standard InChI is InChI=1S/C20H17FN2O3S2/c1-2-26-16-8-6-13(7-9-16)10-17-19(25)23(20(27)28-17)12-18(24)22-15-5-3-4-14(21)11-15/h3-11H,2,12H2,1H3,(H,22,24)/b17-10-. The summed E-state index contributed by atoms with van der Waals surface area (Å²) in [6, 6.07) is 12.9. The molecule has 0 atom stereocenters. The van der Waals surface area contributed by atoms with Crippen molar-refractivity contribution in [1.82, 2.24) is 4.90 Å². The zero-order valence-corrected chi connectivity index (χ0v) is 16.6. The molecule has 1 aliphatic heterocycles. The van der Waals surface area contributed by atoms with Gasteiger partial charge in [0, 0.05) is 5.69 Å². The van der Waals surface area contributed by atoms with Crippen LogP contribution in [0.15, 0.2) is 53.4 Å². The first kappa shape index (κ1) is 20.0. The molecule has 0 bridgehead atoms. The number of ether oxygens (including phenoxy) is 1. The van der Waals surface area contributed by atoms with Gasteiger partial charge in [0.15, 0.2) is 0 Å². The maximum absolute atomic E-state index is 13.2. The number of carbonyl (C=O) groups is 2. The van der Waals surface area contributed by atoms with Gasteiger partial charge in [-0.25, -0.2) is 4.39 Å². The topological polar surface area (TPSA) is 58.6 Å². The van der Waals surface area contributed by atoms with E-state index in [-0.39, 0.29) is 12.5 Å². The molecule has 144 valence electrons. The molecule has 0 saturated carbocycles. The molecule has 1 N–H and O–H groups in total. The van der Waals surface area contributed by atoms with Crippen LogP contribution in [0.25, 0.3) is 6.08 Å². The van der Waals surface area contributed by atoms with Gasteiger partial charge in [-0.3, -0.25) is 14.5 Å². The summed E-state index contributed by atoms with van der Waals surface area (Å²) in [5.74, 6) is -0.495. The van der Waals surface area contributed by atoms with Crippen LogP contribution in [0.2, 0.25) is 0 Å². The molecule has 1 aliphatic rings. The third-order valence-electron chi connectivity index (χ3n) is 3.77. The molecule has 0 spiro atoms. The summed E-state index contributed by atoms with van der Waals surface area (Å²) >= 11 is 6.38. The van der Waals surface area contributed by atoms with Crippen LogP contribution in [0, 0.1) is 5.82 Å². The molecule has 0 radical (unpaired) electrons. The second kappa shape index (κ2) is 8.99. The summed E-state index contributed by atoms with van der Waals surface area (Å²) in [6.07, 6.45) is 1.72. The lowest BCUT2D eigenvalue weighted by Gasteiger charge is -2.14. The average molecular weight is 416 g/mol. The highest BCUT2D eigenvalue weighted by Gasteiger charge is 2.33. The minimum atomic E-state index is -0.457. The minimum absolute atomic E-state index is 0.234. The first-order valence-electron chi connectivity index (χ1n) is 8.50. The normalized spacial score (nSPS) is 15.2. The van der Waals surface area contributed by atoms with Crippen molar-refractivity contribution in [3.8, 4) is 5.75 Å². The predicted molar refractivity (Wildman–Crippen MR) is 113 cm³/mol. The third-order valence-corrected chi connectivity index (χ3v) is 5.15. The van der Waals surface area contributed by atoms with Gasteiger partial charge in [-0.15, -0.1) is 0 Å². The van der Waals surface area contributed by atoms with Gasteiger partial charge in [-0.1, -0.05) is 42.2 Å².